The van der Waals surface area contributed by atoms with Crippen LogP contribution in [0.1, 0.15) is 15.9 Å². The minimum Gasteiger partial charge on any atom is -0.493 e. The number of hydrogen-bond acceptors (Lipinski definition) is 8. The molecule has 0 aliphatic rings. The number of para-hydroxylation sites is 1. The Labute approximate surface area is 275 Å². The van der Waals surface area contributed by atoms with E-state index in [1.54, 1.807) is 42.5 Å². The fourth-order valence-corrected chi connectivity index (χ4v) is 5.42. The average Bonchev–Trinajstić information content (AvgIpc) is 3.51. The highest BCUT2D eigenvalue weighted by Gasteiger charge is 2.15. The van der Waals surface area contributed by atoms with Gasteiger partial charge in [-0.05, 0) is 82.2 Å². The zero-order valence-corrected chi connectivity index (χ0v) is 26.7. The number of carbonyl (C=O) groups excluding carboxylic acids is 2. The number of nitrogens with one attached hydrogen (secondary N) is 3. The fourth-order valence-electron chi connectivity index (χ4n) is 3.98. The van der Waals surface area contributed by atoms with E-state index in [1.807, 2.05) is 29.6 Å². The minimum atomic E-state index is -0.550. The summed E-state index contributed by atoms with van der Waals surface area (Å²) in [6.07, 6.45) is 1.44. The maximum Gasteiger partial charge on any atom is 0.271 e. The van der Waals surface area contributed by atoms with Crippen molar-refractivity contribution in [1.29, 1.82) is 0 Å². The molecule has 0 spiro atoms. The highest BCUT2D eigenvalue weighted by atomic mass is 79.9. The number of aromatic nitrogens is 1. The molecule has 9 nitrogen and oxygen atoms in total. The third-order valence-electron chi connectivity index (χ3n) is 6.17. The molecule has 0 fully saturated rings. The minimum absolute atomic E-state index is 0.0542. The van der Waals surface area contributed by atoms with Crippen molar-refractivity contribution < 1.29 is 23.5 Å². The zero-order valence-electron chi connectivity index (χ0n) is 23.5. The SMILES string of the molecule is COc1cc(/C=N\NC(=O)c2ccc(-c3csc(Nc4ccc(Cl)cc4)n3)cc2)cc(Br)c1OCC(=O)Nc1ccccc1F. The van der Waals surface area contributed by atoms with E-state index in [4.69, 9.17) is 21.1 Å². The van der Waals surface area contributed by atoms with Crippen molar-refractivity contribution in [3.8, 4) is 22.8 Å². The molecule has 5 aromatic rings. The van der Waals surface area contributed by atoms with Gasteiger partial charge in [0.05, 0.1) is 29.2 Å². The normalized spacial score (nSPS) is 10.8. The molecule has 2 amide bonds. The van der Waals surface area contributed by atoms with Gasteiger partial charge in [0.1, 0.15) is 5.82 Å². The van der Waals surface area contributed by atoms with Gasteiger partial charge < -0.3 is 20.1 Å². The van der Waals surface area contributed by atoms with Crippen molar-refractivity contribution in [2.24, 2.45) is 5.10 Å². The van der Waals surface area contributed by atoms with Crippen LogP contribution in [0.15, 0.2) is 99.9 Å². The van der Waals surface area contributed by atoms with E-state index in [1.165, 1.54) is 42.9 Å². The van der Waals surface area contributed by atoms with Gasteiger partial charge in [0, 0.05) is 27.2 Å². The van der Waals surface area contributed by atoms with Crippen LogP contribution in [-0.4, -0.2) is 36.7 Å². The Balaban J connectivity index is 1.16. The molecule has 0 aliphatic heterocycles. The van der Waals surface area contributed by atoms with Crippen LogP contribution in [0.2, 0.25) is 5.02 Å². The first-order chi connectivity index (χ1) is 21.8. The molecule has 4 aromatic carbocycles. The van der Waals surface area contributed by atoms with Crippen LogP contribution in [0, 0.1) is 5.82 Å². The molecule has 0 unspecified atom stereocenters. The van der Waals surface area contributed by atoms with Gasteiger partial charge in [-0.15, -0.1) is 11.3 Å². The summed E-state index contributed by atoms with van der Waals surface area (Å²) in [6.45, 7) is -0.379. The van der Waals surface area contributed by atoms with Gasteiger partial charge >= 0.3 is 0 Å². The topological polar surface area (TPSA) is 114 Å². The molecule has 45 heavy (non-hydrogen) atoms. The van der Waals surface area contributed by atoms with Gasteiger partial charge in [-0.25, -0.2) is 14.8 Å². The molecule has 0 aliphatic carbocycles. The molecule has 5 rings (SSSR count). The third kappa shape index (κ3) is 8.44. The predicted molar refractivity (Wildman–Crippen MR) is 179 cm³/mol. The molecule has 1 heterocycles. The Bertz CT molecular complexity index is 1850. The first kappa shape index (κ1) is 31.6. The van der Waals surface area contributed by atoms with Gasteiger partial charge in [0.15, 0.2) is 23.2 Å². The van der Waals surface area contributed by atoms with Gasteiger partial charge in [-0.2, -0.15) is 5.10 Å². The Morgan fingerprint density at radius 2 is 1.82 bits per heavy atom. The number of nitrogens with zero attached hydrogens (tertiary/aromatic N) is 2. The Kier molecular flexibility index (Phi) is 10.4. The van der Waals surface area contributed by atoms with Crippen molar-refractivity contribution in [1.82, 2.24) is 10.4 Å². The number of benzene rings is 4. The van der Waals surface area contributed by atoms with E-state index in [9.17, 15) is 14.0 Å². The van der Waals surface area contributed by atoms with E-state index >= 15 is 0 Å². The van der Waals surface area contributed by atoms with Gasteiger partial charge in [-0.1, -0.05) is 35.9 Å². The second kappa shape index (κ2) is 14.8. The lowest BCUT2D eigenvalue weighted by Crippen LogP contribution is -2.21. The summed E-state index contributed by atoms with van der Waals surface area (Å²) >= 11 is 10.8. The number of halogens is 3. The fraction of sp³-hybridized carbons (Fsp3) is 0.0625. The largest absolute Gasteiger partial charge is 0.493 e. The lowest BCUT2D eigenvalue weighted by Gasteiger charge is -2.13. The van der Waals surface area contributed by atoms with Gasteiger partial charge in [-0.3, -0.25) is 9.59 Å². The summed E-state index contributed by atoms with van der Waals surface area (Å²) in [6, 6.07) is 23.5. The number of amides is 2. The second-order valence-corrected chi connectivity index (χ2v) is 11.4. The van der Waals surface area contributed by atoms with Crippen LogP contribution in [0.3, 0.4) is 0 Å². The summed E-state index contributed by atoms with van der Waals surface area (Å²) in [5, 5.41) is 13.1. The number of carbonyl (C=O) groups is 2. The first-order valence-corrected chi connectivity index (χ1v) is 15.3. The molecule has 0 saturated heterocycles. The molecule has 1 aromatic heterocycles. The number of thiazole rings is 1. The van der Waals surface area contributed by atoms with Crippen molar-refractivity contribution in [2.45, 2.75) is 0 Å². The van der Waals surface area contributed by atoms with E-state index in [-0.39, 0.29) is 18.0 Å². The lowest BCUT2D eigenvalue weighted by molar-refractivity contribution is -0.118. The quantitative estimate of drug-likeness (QED) is 0.0950. The molecule has 0 radical (unpaired) electrons. The number of ether oxygens (including phenoxy) is 2. The van der Waals surface area contributed by atoms with Crippen LogP contribution in [0.25, 0.3) is 11.3 Å². The lowest BCUT2D eigenvalue weighted by atomic mass is 10.1. The van der Waals surface area contributed by atoms with Crippen LogP contribution in [0.4, 0.5) is 20.9 Å². The van der Waals surface area contributed by atoms with Crippen molar-refractivity contribution in [3.63, 3.8) is 0 Å². The summed E-state index contributed by atoms with van der Waals surface area (Å²) in [7, 11) is 1.45. The molecular weight excluding hydrogens is 685 g/mol. The third-order valence-corrected chi connectivity index (χ3v) is 7.77. The van der Waals surface area contributed by atoms with Crippen LogP contribution in [-0.2, 0) is 4.79 Å². The van der Waals surface area contributed by atoms with Crippen LogP contribution >= 0.6 is 38.9 Å². The van der Waals surface area contributed by atoms with Gasteiger partial charge in [0.2, 0.25) is 0 Å². The zero-order chi connectivity index (χ0) is 31.8. The van der Waals surface area contributed by atoms with Crippen molar-refractivity contribution in [3.05, 3.63) is 117 Å². The monoisotopic (exact) mass is 707 g/mol. The highest BCUT2D eigenvalue weighted by Crippen LogP contribution is 2.36. The summed E-state index contributed by atoms with van der Waals surface area (Å²) in [5.41, 5.74) is 6.09. The molecule has 13 heteroatoms. The Morgan fingerprint density at radius 1 is 1.07 bits per heavy atom. The molecule has 0 bridgehead atoms. The average molecular weight is 709 g/mol. The molecule has 0 atom stereocenters. The maximum atomic E-state index is 13.8. The first-order valence-electron chi connectivity index (χ1n) is 13.3. The summed E-state index contributed by atoms with van der Waals surface area (Å²) in [5.74, 6) is -0.896. The van der Waals surface area contributed by atoms with Crippen LogP contribution < -0.4 is 25.5 Å². The maximum absolute atomic E-state index is 13.8. The van der Waals surface area contributed by atoms with Crippen LogP contribution in [0.5, 0.6) is 11.5 Å². The number of methoxy groups -OCH3 is 1. The Morgan fingerprint density at radius 3 is 2.56 bits per heavy atom. The number of anilines is 3. The summed E-state index contributed by atoms with van der Waals surface area (Å²) < 4.78 is 25.3. The molecular formula is C32H24BrClFN5O4S. The number of hydrazone groups is 1. The van der Waals surface area contributed by atoms with E-state index in [0.29, 0.717) is 26.4 Å². The Hall–Kier alpha value is -4.78. The predicted octanol–water partition coefficient (Wildman–Crippen LogP) is 7.90. The molecule has 228 valence electrons. The summed E-state index contributed by atoms with van der Waals surface area (Å²) in [4.78, 5) is 29.6. The molecule has 3 N–H and O–H groups in total. The van der Waals surface area contributed by atoms with Crippen molar-refractivity contribution >= 4 is 73.4 Å². The number of hydrogen-bond donors (Lipinski definition) is 3. The number of rotatable bonds is 11. The van der Waals surface area contributed by atoms with Crippen molar-refractivity contribution in [2.75, 3.05) is 24.4 Å². The smallest absolute Gasteiger partial charge is 0.271 e. The van der Waals surface area contributed by atoms with E-state index in [0.717, 1.165) is 22.1 Å². The highest BCUT2D eigenvalue weighted by molar-refractivity contribution is 9.10. The standard InChI is InChI=1S/C32H24BrClFN5O4S/c1-43-28-15-19(14-24(33)30(28)44-17-29(41)38-26-5-3-2-4-25(26)35)16-36-40-31(42)21-8-6-20(7-9-21)27-18-45-32(39-27)37-23-12-10-22(34)11-13-23/h2-16,18H,17H2,1H3,(H,37,39)(H,38,41)(H,40,42)/b36-16-. The van der Waals surface area contributed by atoms with Gasteiger partial charge in [0.25, 0.3) is 11.8 Å². The second-order valence-electron chi connectivity index (χ2n) is 9.30. The molecule has 0 saturated carbocycles. The van der Waals surface area contributed by atoms with E-state index < -0.39 is 17.6 Å². The van der Waals surface area contributed by atoms with E-state index in [2.05, 4.69) is 42.1 Å².